The number of nitrogens with zero attached hydrogens (tertiary/aromatic N) is 1. The van der Waals surface area contributed by atoms with Crippen LogP contribution in [0.2, 0.25) is 10.0 Å². The highest BCUT2D eigenvalue weighted by Crippen LogP contribution is 2.26. The van der Waals surface area contributed by atoms with Gasteiger partial charge in [-0.3, -0.25) is 4.79 Å². The SMILES string of the molecule is CC(C)c1ccccc1OCC(=O)O[C@@H](C)C(=O)Nc1ncc(Cl)cc1Cl. The Bertz CT molecular complexity index is 827. The maximum Gasteiger partial charge on any atom is 0.344 e. The monoisotopic (exact) mass is 410 g/mol. The van der Waals surface area contributed by atoms with Crippen LogP contribution in [0.4, 0.5) is 5.82 Å². The largest absolute Gasteiger partial charge is 0.482 e. The number of ether oxygens (including phenoxy) is 2. The number of aromatic nitrogens is 1. The van der Waals surface area contributed by atoms with Gasteiger partial charge in [-0.2, -0.15) is 0 Å². The molecule has 2 rings (SSSR count). The van der Waals surface area contributed by atoms with Gasteiger partial charge in [-0.05, 0) is 30.5 Å². The van der Waals surface area contributed by atoms with Gasteiger partial charge in [-0.25, -0.2) is 9.78 Å². The predicted molar refractivity (Wildman–Crippen MR) is 104 cm³/mol. The molecule has 0 aliphatic heterocycles. The van der Waals surface area contributed by atoms with Crippen LogP contribution in [0.5, 0.6) is 5.75 Å². The number of carbonyl (C=O) groups excluding carboxylic acids is 2. The lowest BCUT2D eigenvalue weighted by molar-refractivity contribution is -0.155. The van der Waals surface area contributed by atoms with E-state index in [1.807, 2.05) is 32.0 Å². The summed E-state index contributed by atoms with van der Waals surface area (Å²) in [6.07, 6.45) is 0.301. The molecule has 0 unspecified atom stereocenters. The lowest BCUT2D eigenvalue weighted by Crippen LogP contribution is -2.32. The molecule has 0 radical (unpaired) electrons. The first-order chi connectivity index (χ1) is 12.8. The molecule has 0 fully saturated rings. The molecular weight excluding hydrogens is 391 g/mol. The van der Waals surface area contributed by atoms with Gasteiger partial charge in [0.2, 0.25) is 0 Å². The molecule has 1 N–H and O–H groups in total. The van der Waals surface area contributed by atoms with Crippen LogP contribution in [0, 0.1) is 0 Å². The zero-order chi connectivity index (χ0) is 20.0. The van der Waals surface area contributed by atoms with E-state index in [0.717, 1.165) is 5.56 Å². The van der Waals surface area contributed by atoms with E-state index in [1.54, 1.807) is 6.07 Å². The number of benzene rings is 1. The molecule has 0 aliphatic rings. The molecule has 0 saturated heterocycles. The summed E-state index contributed by atoms with van der Waals surface area (Å²) >= 11 is 11.7. The Balaban J connectivity index is 1.89. The summed E-state index contributed by atoms with van der Waals surface area (Å²) in [5.41, 5.74) is 0.986. The fourth-order valence-electron chi connectivity index (χ4n) is 2.24. The maximum atomic E-state index is 12.1. The van der Waals surface area contributed by atoms with E-state index in [1.165, 1.54) is 19.2 Å². The van der Waals surface area contributed by atoms with Gasteiger partial charge in [-0.15, -0.1) is 0 Å². The Morgan fingerprint density at radius 3 is 2.56 bits per heavy atom. The van der Waals surface area contributed by atoms with Crippen LogP contribution in [-0.4, -0.2) is 29.6 Å². The van der Waals surface area contributed by atoms with Crippen molar-refractivity contribution >= 4 is 40.9 Å². The Kier molecular flexibility index (Phi) is 7.45. The van der Waals surface area contributed by atoms with Crippen molar-refractivity contribution in [1.29, 1.82) is 0 Å². The first-order valence-electron chi connectivity index (χ1n) is 8.31. The minimum absolute atomic E-state index is 0.135. The zero-order valence-electron chi connectivity index (χ0n) is 15.2. The molecule has 0 aliphatic carbocycles. The van der Waals surface area contributed by atoms with Crippen LogP contribution in [0.15, 0.2) is 36.5 Å². The second-order valence-corrected chi connectivity index (χ2v) is 6.93. The van der Waals surface area contributed by atoms with Gasteiger partial charge in [0.15, 0.2) is 18.5 Å². The lowest BCUT2D eigenvalue weighted by atomic mass is 10.0. The topological polar surface area (TPSA) is 77.5 Å². The van der Waals surface area contributed by atoms with Crippen LogP contribution in [-0.2, 0) is 14.3 Å². The number of rotatable bonds is 7. The number of hydrogen-bond acceptors (Lipinski definition) is 5. The molecule has 2 aromatic rings. The molecule has 1 amide bonds. The number of anilines is 1. The number of pyridine rings is 1. The molecule has 0 bridgehead atoms. The number of esters is 1. The van der Waals surface area contributed by atoms with Crippen molar-refractivity contribution < 1.29 is 19.1 Å². The molecule has 6 nitrogen and oxygen atoms in total. The molecule has 0 saturated carbocycles. The van der Waals surface area contributed by atoms with Gasteiger partial charge >= 0.3 is 5.97 Å². The zero-order valence-corrected chi connectivity index (χ0v) is 16.7. The molecular formula is C19H20Cl2N2O4. The van der Waals surface area contributed by atoms with E-state index in [9.17, 15) is 9.59 Å². The third-order valence-corrected chi connectivity index (χ3v) is 4.11. The summed E-state index contributed by atoms with van der Waals surface area (Å²) < 4.78 is 10.6. The summed E-state index contributed by atoms with van der Waals surface area (Å²) in [6.45, 7) is 5.20. The predicted octanol–water partition coefficient (Wildman–Crippen LogP) is 4.46. The van der Waals surface area contributed by atoms with Crippen molar-refractivity contribution in [2.24, 2.45) is 0 Å². The van der Waals surface area contributed by atoms with E-state index in [2.05, 4.69) is 10.3 Å². The highest BCUT2D eigenvalue weighted by atomic mass is 35.5. The van der Waals surface area contributed by atoms with Crippen LogP contribution in [0.3, 0.4) is 0 Å². The Labute approximate surface area is 167 Å². The number of amides is 1. The Morgan fingerprint density at radius 2 is 1.89 bits per heavy atom. The van der Waals surface area contributed by atoms with Crippen LogP contribution in [0.25, 0.3) is 0 Å². The fraction of sp³-hybridized carbons (Fsp3) is 0.316. The Hall–Kier alpha value is -2.31. The van der Waals surface area contributed by atoms with E-state index < -0.39 is 18.0 Å². The minimum atomic E-state index is -1.05. The molecule has 1 heterocycles. The first-order valence-corrected chi connectivity index (χ1v) is 9.06. The number of hydrogen-bond donors (Lipinski definition) is 1. The van der Waals surface area contributed by atoms with Crippen molar-refractivity contribution in [2.75, 3.05) is 11.9 Å². The van der Waals surface area contributed by atoms with E-state index in [4.69, 9.17) is 32.7 Å². The summed E-state index contributed by atoms with van der Waals surface area (Å²) in [4.78, 5) is 28.1. The van der Waals surface area contributed by atoms with Crippen molar-refractivity contribution in [3.63, 3.8) is 0 Å². The van der Waals surface area contributed by atoms with Gasteiger partial charge < -0.3 is 14.8 Å². The smallest absolute Gasteiger partial charge is 0.344 e. The minimum Gasteiger partial charge on any atom is -0.482 e. The molecule has 8 heteroatoms. The van der Waals surface area contributed by atoms with Gasteiger partial charge in [0.05, 0.1) is 10.0 Å². The van der Waals surface area contributed by atoms with Crippen LogP contribution in [0.1, 0.15) is 32.3 Å². The standard InChI is InChI=1S/C19H20Cl2N2O4/c1-11(2)14-6-4-5-7-16(14)26-10-17(24)27-12(3)19(25)23-18-15(21)8-13(20)9-22-18/h4-9,11-12H,10H2,1-3H3,(H,22,23,25)/t12-/m0/s1. The quantitative estimate of drug-likeness (QED) is 0.681. The summed E-state index contributed by atoms with van der Waals surface area (Å²) in [6, 6.07) is 8.90. The number of nitrogens with one attached hydrogen (secondary N) is 1. The lowest BCUT2D eigenvalue weighted by Gasteiger charge is -2.16. The molecule has 1 aromatic carbocycles. The highest BCUT2D eigenvalue weighted by molar-refractivity contribution is 6.36. The average molecular weight is 411 g/mol. The van der Waals surface area contributed by atoms with Crippen molar-refractivity contribution in [1.82, 2.24) is 4.98 Å². The third kappa shape index (κ3) is 6.12. The van der Waals surface area contributed by atoms with E-state index in [0.29, 0.717) is 10.8 Å². The van der Waals surface area contributed by atoms with Crippen molar-refractivity contribution in [2.45, 2.75) is 32.8 Å². The van der Waals surface area contributed by atoms with Crippen LogP contribution >= 0.6 is 23.2 Å². The number of carbonyl (C=O) groups is 2. The molecule has 0 spiro atoms. The summed E-state index contributed by atoms with van der Waals surface area (Å²) in [5, 5.41) is 3.01. The van der Waals surface area contributed by atoms with Gasteiger partial charge in [0.25, 0.3) is 5.91 Å². The molecule has 1 atom stereocenters. The number of para-hydroxylation sites is 1. The summed E-state index contributed by atoms with van der Waals surface area (Å²) in [5.74, 6) is -0.234. The van der Waals surface area contributed by atoms with E-state index >= 15 is 0 Å². The van der Waals surface area contributed by atoms with Crippen LogP contribution < -0.4 is 10.1 Å². The second kappa shape index (κ2) is 9.58. The number of halogens is 2. The fourth-order valence-corrected chi connectivity index (χ4v) is 2.66. The Morgan fingerprint density at radius 1 is 1.19 bits per heavy atom. The van der Waals surface area contributed by atoms with Gasteiger partial charge in [0.1, 0.15) is 5.75 Å². The van der Waals surface area contributed by atoms with Crippen molar-refractivity contribution in [3.8, 4) is 5.75 Å². The highest BCUT2D eigenvalue weighted by Gasteiger charge is 2.20. The molecule has 27 heavy (non-hydrogen) atoms. The van der Waals surface area contributed by atoms with Crippen molar-refractivity contribution in [3.05, 3.63) is 52.1 Å². The van der Waals surface area contributed by atoms with E-state index in [-0.39, 0.29) is 23.4 Å². The normalized spacial score (nSPS) is 11.8. The second-order valence-electron chi connectivity index (χ2n) is 6.09. The third-order valence-electron chi connectivity index (χ3n) is 3.61. The van der Waals surface area contributed by atoms with Gasteiger partial charge in [-0.1, -0.05) is 55.2 Å². The summed E-state index contributed by atoms with van der Waals surface area (Å²) in [7, 11) is 0. The van der Waals surface area contributed by atoms with Gasteiger partial charge in [0, 0.05) is 6.20 Å². The first kappa shape index (κ1) is 21.0. The maximum absolute atomic E-state index is 12.1. The molecule has 144 valence electrons. The molecule has 1 aromatic heterocycles. The average Bonchev–Trinajstić information content (AvgIpc) is 2.62.